The lowest BCUT2D eigenvalue weighted by Gasteiger charge is -2.27. The number of nitrogens with zero attached hydrogens (tertiary/aromatic N) is 1. The predicted octanol–water partition coefficient (Wildman–Crippen LogP) is 2.84. The van der Waals surface area contributed by atoms with Gasteiger partial charge in [0.15, 0.2) is 0 Å². The molecule has 31 heavy (non-hydrogen) atoms. The molecule has 170 valence electrons. The van der Waals surface area contributed by atoms with Gasteiger partial charge in [-0.15, -0.1) is 0 Å². The van der Waals surface area contributed by atoms with Crippen molar-refractivity contribution in [1.29, 1.82) is 0 Å². The average Bonchev–Trinajstić information content (AvgIpc) is 2.83. The quantitative estimate of drug-likeness (QED) is 0.709. The molecule has 0 aliphatic carbocycles. The van der Waals surface area contributed by atoms with Crippen molar-refractivity contribution in [1.82, 2.24) is 9.62 Å². The van der Waals surface area contributed by atoms with Gasteiger partial charge in [0.25, 0.3) is 0 Å². The average molecular weight is 450 g/mol. The molecular formula is C23H32FN3O3S. The molecule has 6 nitrogen and oxygen atoms in total. The molecular weight excluding hydrogens is 417 g/mol. The number of hydrogen-bond acceptors (Lipinski definition) is 4. The van der Waals surface area contributed by atoms with Gasteiger partial charge in [0, 0.05) is 25.6 Å². The van der Waals surface area contributed by atoms with Gasteiger partial charge in [0.05, 0.1) is 4.90 Å². The normalized spacial score (nSPS) is 14.9. The summed E-state index contributed by atoms with van der Waals surface area (Å²) < 4.78 is 27.2. The lowest BCUT2D eigenvalue weighted by Crippen LogP contribution is -2.39. The molecule has 0 saturated carbocycles. The number of amides is 1. The Bertz CT molecular complexity index is 802. The molecule has 0 bridgehead atoms. The molecule has 2 unspecified atom stereocenters. The Morgan fingerprint density at radius 2 is 1.68 bits per heavy atom. The van der Waals surface area contributed by atoms with Gasteiger partial charge >= 0.3 is 0 Å². The SMILES string of the molecule is C=O.CNS(=O)c1ccccc1.NC(CC(=O)N1CCCCC1)Cc1ccccc1F. The summed E-state index contributed by atoms with van der Waals surface area (Å²) in [7, 11) is 0.629. The predicted molar refractivity (Wildman–Crippen MR) is 122 cm³/mol. The van der Waals surface area contributed by atoms with Crippen LogP contribution in [0, 0.1) is 5.82 Å². The molecule has 2 atom stereocenters. The second kappa shape index (κ2) is 15.4. The van der Waals surface area contributed by atoms with E-state index in [9.17, 15) is 13.4 Å². The summed E-state index contributed by atoms with van der Waals surface area (Å²) in [5, 5.41) is 0. The Labute approximate surface area is 186 Å². The summed E-state index contributed by atoms with van der Waals surface area (Å²) in [6, 6.07) is 15.6. The van der Waals surface area contributed by atoms with Gasteiger partial charge < -0.3 is 15.4 Å². The van der Waals surface area contributed by atoms with Crippen LogP contribution in [0.3, 0.4) is 0 Å². The molecule has 1 aliphatic rings. The Morgan fingerprint density at radius 1 is 1.10 bits per heavy atom. The van der Waals surface area contributed by atoms with Gasteiger partial charge in [-0.05, 0) is 56.5 Å². The van der Waals surface area contributed by atoms with Crippen LogP contribution in [0.1, 0.15) is 31.2 Å². The van der Waals surface area contributed by atoms with Crippen LogP contribution in [0.5, 0.6) is 0 Å². The number of hydrogen-bond donors (Lipinski definition) is 2. The molecule has 2 aromatic rings. The van der Waals surface area contributed by atoms with E-state index in [0.717, 1.165) is 30.8 Å². The second-order valence-electron chi connectivity index (χ2n) is 6.99. The number of halogens is 1. The van der Waals surface area contributed by atoms with Crippen LogP contribution in [0.2, 0.25) is 0 Å². The van der Waals surface area contributed by atoms with Crippen LogP contribution in [0.25, 0.3) is 0 Å². The smallest absolute Gasteiger partial charge is 0.224 e. The summed E-state index contributed by atoms with van der Waals surface area (Å²) in [6.45, 7) is 3.68. The first-order valence-corrected chi connectivity index (χ1v) is 11.4. The monoisotopic (exact) mass is 449 g/mol. The standard InChI is InChI=1S/C15H21FN2O.C7H9NOS.CH2O/c16-14-7-3-2-6-12(14)10-13(17)11-15(19)18-8-4-1-5-9-18;1-8-10(9)7-5-3-2-4-6-7;1-2/h2-3,6-7,13H,1,4-5,8-11,17H2;2-6,8H,1H3;1H2. The maximum absolute atomic E-state index is 13.5. The zero-order chi connectivity index (χ0) is 23.1. The number of nitrogens with one attached hydrogen (secondary N) is 1. The summed E-state index contributed by atoms with van der Waals surface area (Å²) in [5.41, 5.74) is 6.55. The largest absolute Gasteiger partial charge is 0.343 e. The highest BCUT2D eigenvalue weighted by Gasteiger charge is 2.19. The molecule has 8 heteroatoms. The Kier molecular flexibility index (Phi) is 13.2. The van der Waals surface area contributed by atoms with Crippen molar-refractivity contribution >= 4 is 23.7 Å². The van der Waals surface area contributed by atoms with Crippen molar-refractivity contribution < 1.29 is 18.2 Å². The van der Waals surface area contributed by atoms with E-state index in [1.54, 1.807) is 25.2 Å². The van der Waals surface area contributed by atoms with Crippen molar-refractivity contribution in [3.05, 3.63) is 66.0 Å². The third kappa shape index (κ3) is 9.95. The van der Waals surface area contributed by atoms with Crippen molar-refractivity contribution in [2.45, 2.75) is 43.0 Å². The van der Waals surface area contributed by atoms with Gasteiger partial charge in [-0.1, -0.05) is 36.4 Å². The summed E-state index contributed by atoms with van der Waals surface area (Å²) in [6.07, 6.45) is 4.06. The minimum Gasteiger partial charge on any atom is -0.343 e. The maximum Gasteiger partial charge on any atom is 0.224 e. The van der Waals surface area contributed by atoms with Crippen molar-refractivity contribution in [3.8, 4) is 0 Å². The van der Waals surface area contributed by atoms with Crippen LogP contribution >= 0.6 is 0 Å². The van der Waals surface area contributed by atoms with Gasteiger partial charge in [0.2, 0.25) is 5.91 Å². The molecule has 1 aliphatic heterocycles. The highest BCUT2D eigenvalue weighted by atomic mass is 32.2. The fraction of sp³-hybridized carbons (Fsp3) is 0.391. The highest BCUT2D eigenvalue weighted by Crippen LogP contribution is 2.13. The van der Waals surface area contributed by atoms with E-state index in [2.05, 4.69) is 4.72 Å². The third-order valence-electron chi connectivity index (χ3n) is 4.73. The fourth-order valence-corrected chi connectivity index (χ4v) is 3.82. The number of likely N-dealkylation sites (tertiary alicyclic amines) is 1. The Morgan fingerprint density at radius 3 is 2.26 bits per heavy atom. The van der Waals surface area contributed by atoms with E-state index in [1.165, 1.54) is 12.5 Å². The molecule has 0 radical (unpaired) electrons. The number of carbonyl (C=O) groups is 2. The lowest BCUT2D eigenvalue weighted by atomic mass is 10.0. The van der Waals surface area contributed by atoms with E-state index in [-0.39, 0.29) is 17.8 Å². The number of nitrogens with two attached hydrogens (primary N) is 1. The molecule has 0 spiro atoms. The topological polar surface area (TPSA) is 92.5 Å². The van der Waals surface area contributed by atoms with Gasteiger partial charge in [-0.25, -0.2) is 13.3 Å². The zero-order valence-corrected chi connectivity index (χ0v) is 18.8. The van der Waals surface area contributed by atoms with Crippen LogP contribution < -0.4 is 10.5 Å². The molecule has 2 aromatic carbocycles. The van der Waals surface area contributed by atoms with E-state index in [1.807, 2.05) is 42.0 Å². The molecule has 1 heterocycles. The number of rotatable bonds is 6. The van der Waals surface area contributed by atoms with Crippen LogP contribution in [0.15, 0.2) is 59.5 Å². The second-order valence-corrected chi connectivity index (χ2v) is 8.40. The number of piperidine rings is 1. The summed E-state index contributed by atoms with van der Waals surface area (Å²) >= 11 is 0. The van der Waals surface area contributed by atoms with E-state index in [0.29, 0.717) is 18.4 Å². The molecule has 0 aromatic heterocycles. The van der Waals surface area contributed by atoms with Crippen LogP contribution in [-0.4, -0.2) is 48.0 Å². The molecule has 3 rings (SSSR count). The van der Waals surface area contributed by atoms with Crippen LogP contribution in [-0.2, 0) is 27.0 Å². The molecule has 1 saturated heterocycles. The van der Waals surface area contributed by atoms with Gasteiger partial charge in [-0.3, -0.25) is 4.79 Å². The third-order valence-corrected chi connectivity index (χ3v) is 5.80. The first kappa shape index (κ1) is 26.6. The zero-order valence-electron chi connectivity index (χ0n) is 18.0. The Hall–Kier alpha value is -2.42. The van der Waals surface area contributed by atoms with Gasteiger partial charge in [0.1, 0.15) is 23.6 Å². The van der Waals surface area contributed by atoms with Crippen molar-refractivity contribution in [3.63, 3.8) is 0 Å². The molecule has 1 fully saturated rings. The Balaban J connectivity index is 0.000000337. The minimum absolute atomic E-state index is 0.100. The first-order valence-electron chi connectivity index (χ1n) is 10.2. The minimum atomic E-state index is -1.04. The maximum atomic E-state index is 13.5. The van der Waals surface area contributed by atoms with E-state index >= 15 is 0 Å². The number of benzene rings is 2. The van der Waals surface area contributed by atoms with E-state index < -0.39 is 11.0 Å². The van der Waals surface area contributed by atoms with Crippen molar-refractivity contribution in [2.24, 2.45) is 5.73 Å². The van der Waals surface area contributed by atoms with Gasteiger partial charge in [-0.2, -0.15) is 0 Å². The highest BCUT2D eigenvalue weighted by molar-refractivity contribution is 7.83. The number of carbonyl (C=O) groups excluding carboxylic acids is 2. The first-order chi connectivity index (χ1) is 15.0. The fourth-order valence-electron chi connectivity index (χ4n) is 3.18. The lowest BCUT2D eigenvalue weighted by molar-refractivity contribution is -0.132. The summed E-state index contributed by atoms with van der Waals surface area (Å²) in [5.74, 6) is -0.146. The molecule has 1 amide bonds. The molecule has 3 N–H and O–H groups in total. The van der Waals surface area contributed by atoms with E-state index in [4.69, 9.17) is 10.5 Å². The van der Waals surface area contributed by atoms with Crippen molar-refractivity contribution in [2.75, 3.05) is 20.1 Å². The van der Waals surface area contributed by atoms with Crippen LogP contribution in [0.4, 0.5) is 4.39 Å². The summed E-state index contributed by atoms with van der Waals surface area (Å²) in [4.78, 5) is 22.7.